The van der Waals surface area contributed by atoms with E-state index in [4.69, 9.17) is 16.3 Å². The number of fused-ring (bicyclic) bond motifs is 1. The Morgan fingerprint density at radius 2 is 2.03 bits per heavy atom. The molecular weight excluding hydrogens is 473 g/mol. The first-order chi connectivity index (χ1) is 17.5. The number of ether oxygens (including phenoxy) is 1. The number of allylic oxidation sites excluding steroid dienone is 6. The molecule has 0 aromatic heterocycles. The quantitative estimate of drug-likeness (QED) is 0.278. The fourth-order valence-corrected chi connectivity index (χ4v) is 5.41. The highest BCUT2D eigenvalue weighted by Gasteiger charge is 2.24. The Bertz CT molecular complexity index is 1180. The summed E-state index contributed by atoms with van der Waals surface area (Å²) < 4.78 is 18.8. The number of aromatic hydroxyl groups is 1. The van der Waals surface area contributed by atoms with Crippen molar-refractivity contribution in [2.75, 3.05) is 26.3 Å². The third kappa shape index (κ3) is 6.29. The van der Waals surface area contributed by atoms with Crippen LogP contribution >= 0.6 is 11.6 Å². The summed E-state index contributed by atoms with van der Waals surface area (Å²) in [6.07, 6.45) is 10.3. The lowest BCUT2D eigenvalue weighted by atomic mass is 9.88. The Morgan fingerprint density at radius 3 is 2.81 bits per heavy atom. The summed E-state index contributed by atoms with van der Waals surface area (Å²) in [6.45, 7) is 8.69. The number of rotatable bonds is 9. The SMILES string of the molecule is C=C(/C=C\C(=C/C)OC1CCN(CCCF)C1)C1=C(c2ccccc2Cl)CCCc2cc(O)ccc21. The molecule has 0 spiro atoms. The Kier molecular flexibility index (Phi) is 9.06. The average molecular weight is 508 g/mol. The zero-order valence-corrected chi connectivity index (χ0v) is 21.7. The minimum atomic E-state index is -0.276. The summed E-state index contributed by atoms with van der Waals surface area (Å²) >= 11 is 6.65. The number of nitrogens with zero attached hydrogens (tertiary/aromatic N) is 1. The van der Waals surface area contributed by atoms with Crippen molar-refractivity contribution in [3.63, 3.8) is 0 Å². The predicted molar refractivity (Wildman–Crippen MR) is 148 cm³/mol. The molecule has 0 radical (unpaired) electrons. The van der Waals surface area contributed by atoms with Gasteiger partial charge in [0.25, 0.3) is 0 Å². The van der Waals surface area contributed by atoms with E-state index in [1.54, 1.807) is 6.07 Å². The minimum Gasteiger partial charge on any atom is -0.508 e. The fraction of sp³-hybridized carbons (Fsp3) is 0.355. The predicted octanol–water partition coefficient (Wildman–Crippen LogP) is 7.76. The molecule has 0 amide bonds. The lowest BCUT2D eigenvalue weighted by molar-refractivity contribution is 0.128. The summed E-state index contributed by atoms with van der Waals surface area (Å²) in [5.41, 5.74) is 6.31. The van der Waals surface area contributed by atoms with E-state index in [2.05, 4.69) is 17.5 Å². The molecule has 4 rings (SSSR count). The van der Waals surface area contributed by atoms with Gasteiger partial charge in [-0.15, -0.1) is 0 Å². The minimum absolute atomic E-state index is 0.105. The monoisotopic (exact) mass is 507 g/mol. The molecule has 36 heavy (non-hydrogen) atoms. The average Bonchev–Trinajstić information content (AvgIpc) is 3.24. The molecule has 3 nitrogen and oxygen atoms in total. The molecule has 2 aromatic rings. The molecule has 2 aliphatic rings. The van der Waals surface area contributed by atoms with Crippen LogP contribution in [-0.2, 0) is 11.2 Å². The summed E-state index contributed by atoms with van der Waals surface area (Å²) in [6, 6.07) is 13.5. The highest BCUT2D eigenvalue weighted by atomic mass is 35.5. The second-order valence-corrected chi connectivity index (χ2v) is 9.86. The number of halogens is 2. The van der Waals surface area contributed by atoms with Gasteiger partial charge in [0, 0.05) is 24.7 Å². The molecule has 2 aromatic carbocycles. The van der Waals surface area contributed by atoms with Crippen molar-refractivity contribution >= 4 is 22.7 Å². The maximum atomic E-state index is 12.5. The molecule has 0 saturated carbocycles. The zero-order valence-electron chi connectivity index (χ0n) is 21.0. The maximum Gasteiger partial charge on any atom is 0.115 e. The van der Waals surface area contributed by atoms with Crippen LogP contribution in [0.25, 0.3) is 11.1 Å². The van der Waals surface area contributed by atoms with E-state index in [9.17, 15) is 9.50 Å². The Hall–Kier alpha value is -2.82. The molecule has 1 fully saturated rings. The van der Waals surface area contributed by atoms with Gasteiger partial charge in [-0.3, -0.25) is 9.29 Å². The van der Waals surface area contributed by atoms with Gasteiger partial charge in [-0.1, -0.05) is 48.5 Å². The Labute approximate surface area is 219 Å². The molecule has 1 unspecified atom stereocenters. The highest BCUT2D eigenvalue weighted by molar-refractivity contribution is 6.32. The van der Waals surface area contributed by atoms with E-state index in [1.807, 2.05) is 55.5 Å². The van der Waals surface area contributed by atoms with Crippen LogP contribution in [0.15, 0.2) is 78.6 Å². The highest BCUT2D eigenvalue weighted by Crippen LogP contribution is 2.42. The van der Waals surface area contributed by atoms with Gasteiger partial charge >= 0.3 is 0 Å². The van der Waals surface area contributed by atoms with E-state index in [-0.39, 0.29) is 18.5 Å². The van der Waals surface area contributed by atoms with Crippen molar-refractivity contribution in [1.29, 1.82) is 0 Å². The zero-order chi connectivity index (χ0) is 25.5. The van der Waals surface area contributed by atoms with E-state index >= 15 is 0 Å². The lowest BCUT2D eigenvalue weighted by Gasteiger charge is -2.18. The molecule has 5 heteroatoms. The van der Waals surface area contributed by atoms with Crippen LogP contribution in [0.3, 0.4) is 0 Å². The third-order valence-electron chi connectivity index (χ3n) is 6.93. The summed E-state index contributed by atoms with van der Waals surface area (Å²) in [4.78, 5) is 2.26. The number of aryl methyl sites for hydroxylation is 1. The molecule has 1 saturated heterocycles. The van der Waals surface area contributed by atoms with E-state index in [0.29, 0.717) is 6.42 Å². The number of phenolic OH excluding ortho intramolecular Hbond substituents is 1. The molecule has 1 N–H and O–H groups in total. The number of likely N-dealkylation sites (tertiary alicyclic amines) is 1. The Balaban J connectivity index is 1.61. The van der Waals surface area contributed by atoms with Gasteiger partial charge in [0.2, 0.25) is 0 Å². The molecule has 190 valence electrons. The van der Waals surface area contributed by atoms with Crippen molar-refractivity contribution in [3.8, 4) is 5.75 Å². The first-order valence-corrected chi connectivity index (χ1v) is 13.2. The summed E-state index contributed by atoms with van der Waals surface area (Å²) in [5, 5.41) is 10.8. The van der Waals surface area contributed by atoms with Crippen molar-refractivity contribution in [3.05, 3.63) is 100 Å². The molecule has 1 heterocycles. The van der Waals surface area contributed by atoms with Crippen LogP contribution < -0.4 is 0 Å². The topological polar surface area (TPSA) is 32.7 Å². The van der Waals surface area contributed by atoms with Crippen LogP contribution in [-0.4, -0.2) is 42.4 Å². The third-order valence-corrected chi connectivity index (χ3v) is 7.26. The summed E-state index contributed by atoms with van der Waals surface area (Å²) in [5.74, 6) is 1.07. The number of hydrogen-bond acceptors (Lipinski definition) is 3. The number of alkyl halides is 1. The van der Waals surface area contributed by atoms with Gasteiger partial charge < -0.3 is 9.84 Å². The molecule has 0 bridgehead atoms. The van der Waals surface area contributed by atoms with Gasteiger partial charge in [0.05, 0.1) is 6.67 Å². The van der Waals surface area contributed by atoms with Gasteiger partial charge in [-0.2, -0.15) is 0 Å². The first kappa shape index (κ1) is 26.2. The standard InChI is InChI=1S/C31H35ClFNO2/c1-3-25(36-26-16-19-34(21-26)18-7-17-33)14-12-22(2)31-27-15-13-24(35)20-23(27)8-6-10-29(31)28-9-4-5-11-30(28)32/h3-5,9,11-15,20,26,35H,2,6-8,10,16-19,21H2,1H3/b14-12-,25-3+. The van der Waals surface area contributed by atoms with Gasteiger partial charge in [0.15, 0.2) is 0 Å². The van der Waals surface area contributed by atoms with Crippen LogP contribution in [0, 0.1) is 0 Å². The molecule has 1 atom stereocenters. The van der Waals surface area contributed by atoms with Crippen LogP contribution in [0.5, 0.6) is 5.75 Å². The number of phenols is 1. The van der Waals surface area contributed by atoms with E-state index in [0.717, 1.165) is 83.9 Å². The second-order valence-electron chi connectivity index (χ2n) is 9.45. The first-order valence-electron chi connectivity index (χ1n) is 12.8. The van der Waals surface area contributed by atoms with Gasteiger partial charge in [0.1, 0.15) is 17.6 Å². The van der Waals surface area contributed by atoms with Crippen molar-refractivity contribution in [1.82, 2.24) is 4.90 Å². The van der Waals surface area contributed by atoms with E-state index < -0.39 is 0 Å². The van der Waals surface area contributed by atoms with Gasteiger partial charge in [-0.25, -0.2) is 0 Å². The lowest BCUT2D eigenvalue weighted by Crippen LogP contribution is -2.24. The smallest absolute Gasteiger partial charge is 0.115 e. The number of benzene rings is 2. The van der Waals surface area contributed by atoms with Crippen molar-refractivity contribution < 1.29 is 14.2 Å². The van der Waals surface area contributed by atoms with Crippen LogP contribution in [0.4, 0.5) is 4.39 Å². The normalized spacial score (nSPS) is 19.0. The van der Waals surface area contributed by atoms with Crippen LogP contribution in [0.1, 0.15) is 49.3 Å². The second kappa shape index (κ2) is 12.4. The van der Waals surface area contributed by atoms with E-state index in [1.165, 1.54) is 5.57 Å². The van der Waals surface area contributed by atoms with Crippen molar-refractivity contribution in [2.45, 2.75) is 45.1 Å². The molecule has 1 aliphatic heterocycles. The largest absolute Gasteiger partial charge is 0.508 e. The molecule has 1 aliphatic carbocycles. The van der Waals surface area contributed by atoms with Gasteiger partial charge in [-0.05, 0) is 103 Å². The Morgan fingerprint density at radius 1 is 1.19 bits per heavy atom. The van der Waals surface area contributed by atoms with Crippen molar-refractivity contribution in [2.24, 2.45) is 0 Å². The summed E-state index contributed by atoms with van der Waals surface area (Å²) in [7, 11) is 0. The number of hydrogen-bond donors (Lipinski definition) is 1. The van der Waals surface area contributed by atoms with Crippen LogP contribution in [0.2, 0.25) is 5.02 Å². The fourth-order valence-electron chi connectivity index (χ4n) is 5.16. The molecular formula is C31H35ClFNO2. The maximum absolute atomic E-state index is 12.5.